The van der Waals surface area contributed by atoms with Gasteiger partial charge in [-0.3, -0.25) is 4.79 Å². The lowest BCUT2D eigenvalue weighted by atomic mass is 10.1. The molecule has 0 spiro atoms. The summed E-state index contributed by atoms with van der Waals surface area (Å²) >= 11 is 0. The van der Waals surface area contributed by atoms with Crippen LogP contribution in [0.15, 0.2) is 40.8 Å². The summed E-state index contributed by atoms with van der Waals surface area (Å²) in [6.45, 7) is 7.49. The van der Waals surface area contributed by atoms with Crippen molar-refractivity contribution in [1.29, 1.82) is 0 Å². The van der Waals surface area contributed by atoms with Gasteiger partial charge in [0, 0.05) is 24.1 Å². The van der Waals surface area contributed by atoms with E-state index in [1.54, 1.807) is 0 Å². The fourth-order valence-electron chi connectivity index (χ4n) is 2.78. The molecule has 1 heterocycles. The molecule has 0 bridgehead atoms. The van der Waals surface area contributed by atoms with Crippen molar-refractivity contribution >= 4 is 11.6 Å². The summed E-state index contributed by atoms with van der Waals surface area (Å²) in [6, 6.07) is 12.1. The Labute approximate surface area is 143 Å². The highest BCUT2D eigenvalue weighted by Crippen LogP contribution is 2.47. The number of benzene rings is 1. The SMILES string of the molecule is CC(C)C(=O)Nc1cccc(CNCc2ccc(C3CC3C)o2)c1. The van der Waals surface area contributed by atoms with E-state index in [9.17, 15) is 4.79 Å². The number of nitrogens with one attached hydrogen (secondary N) is 2. The molecule has 2 aromatic rings. The standard InChI is InChI=1S/C20H26N2O2/c1-13(2)20(23)22-16-6-4-5-15(10-16)11-21-12-17-7-8-19(24-17)18-9-14(18)3/h4-8,10,13-14,18,21H,9,11-12H2,1-3H3,(H,22,23). The van der Waals surface area contributed by atoms with Crippen LogP contribution in [0.25, 0.3) is 0 Å². The number of furan rings is 1. The van der Waals surface area contributed by atoms with Crippen LogP contribution in [0.1, 0.15) is 50.2 Å². The summed E-state index contributed by atoms with van der Waals surface area (Å²) in [5.41, 5.74) is 1.98. The molecule has 4 nitrogen and oxygen atoms in total. The van der Waals surface area contributed by atoms with E-state index in [0.29, 0.717) is 12.5 Å². The lowest BCUT2D eigenvalue weighted by Crippen LogP contribution is -2.18. The molecular formula is C20H26N2O2. The van der Waals surface area contributed by atoms with E-state index in [-0.39, 0.29) is 11.8 Å². The molecule has 1 aromatic heterocycles. The van der Waals surface area contributed by atoms with Gasteiger partial charge in [-0.25, -0.2) is 0 Å². The van der Waals surface area contributed by atoms with Crippen LogP contribution in [0, 0.1) is 11.8 Å². The summed E-state index contributed by atoms with van der Waals surface area (Å²) in [5, 5.41) is 6.33. The Morgan fingerprint density at radius 1 is 1.25 bits per heavy atom. The van der Waals surface area contributed by atoms with Gasteiger partial charge in [0.1, 0.15) is 11.5 Å². The van der Waals surface area contributed by atoms with Crippen molar-refractivity contribution in [2.45, 2.75) is 46.2 Å². The van der Waals surface area contributed by atoms with Crippen LogP contribution >= 0.6 is 0 Å². The lowest BCUT2D eigenvalue weighted by molar-refractivity contribution is -0.118. The Balaban J connectivity index is 1.49. The quantitative estimate of drug-likeness (QED) is 0.798. The van der Waals surface area contributed by atoms with Crippen molar-refractivity contribution in [3.63, 3.8) is 0 Å². The van der Waals surface area contributed by atoms with Gasteiger partial charge in [-0.15, -0.1) is 0 Å². The third kappa shape index (κ3) is 4.26. The molecule has 1 saturated carbocycles. The Hall–Kier alpha value is -2.07. The van der Waals surface area contributed by atoms with Gasteiger partial charge in [0.25, 0.3) is 0 Å². The molecule has 0 saturated heterocycles. The minimum atomic E-state index is -0.0193. The highest BCUT2D eigenvalue weighted by molar-refractivity contribution is 5.92. The second-order valence-electron chi connectivity index (χ2n) is 7.07. The van der Waals surface area contributed by atoms with Crippen LogP contribution in [0.3, 0.4) is 0 Å². The molecule has 3 rings (SSSR count). The van der Waals surface area contributed by atoms with Crippen LogP contribution in [0.2, 0.25) is 0 Å². The molecule has 4 heteroatoms. The minimum absolute atomic E-state index is 0.0193. The monoisotopic (exact) mass is 326 g/mol. The number of carbonyl (C=O) groups is 1. The van der Waals surface area contributed by atoms with Gasteiger partial charge >= 0.3 is 0 Å². The molecule has 0 aliphatic heterocycles. The second-order valence-corrected chi connectivity index (χ2v) is 7.07. The van der Waals surface area contributed by atoms with Crippen LogP contribution < -0.4 is 10.6 Å². The van der Waals surface area contributed by atoms with Crippen molar-refractivity contribution in [3.8, 4) is 0 Å². The summed E-state index contributed by atoms with van der Waals surface area (Å²) in [6.07, 6.45) is 1.25. The fourth-order valence-corrected chi connectivity index (χ4v) is 2.78. The maximum absolute atomic E-state index is 11.8. The number of anilines is 1. The molecule has 2 N–H and O–H groups in total. The van der Waals surface area contributed by atoms with E-state index in [2.05, 4.69) is 35.8 Å². The average Bonchev–Trinajstić information content (AvgIpc) is 3.09. The predicted octanol–water partition coefficient (Wildman–Crippen LogP) is 4.29. The summed E-state index contributed by atoms with van der Waals surface area (Å²) in [7, 11) is 0. The molecular weight excluding hydrogens is 300 g/mol. The maximum Gasteiger partial charge on any atom is 0.226 e. The van der Waals surface area contributed by atoms with Gasteiger partial charge in [0.15, 0.2) is 0 Å². The minimum Gasteiger partial charge on any atom is -0.464 e. The molecule has 1 amide bonds. The molecule has 1 aliphatic rings. The molecule has 1 aromatic carbocycles. The Morgan fingerprint density at radius 3 is 2.75 bits per heavy atom. The first-order valence-corrected chi connectivity index (χ1v) is 8.72. The summed E-state index contributed by atoms with van der Waals surface area (Å²) in [5.74, 6) is 3.51. The first-order chi connectivity index (χ1) is 11.5. The largest absolute Gasteiger partial charge is 0.464 e. The van der Waals surface area contributed by atoms with E-state index < -0.39 is 0 Å². The highest BCUT2D eigenvalue weighted by atomic mass is 16.3. The molecule has 2 atom stereocenters. The molecule has 128 valence electrons. The zero-order valence-corrected chi connectivity index (χ0v) is 14.6. The topological polar surface area (TPSA) is 54.3 Å². The van der Waals surface area contributed by atoms with Crippen LogP contribution in [0.5, 0.6) is 0 Å². The van der Waals surface area contributed by atoms with E-state index in [1.165, 1.54) is 6.42 Å². The van der Waals surface area contributed by atoms with E-state index >= 15 is 0 Å². The first kappa shape index (κ1) is 16.8. The predicted molar refractivity (Wildman–Crippen MR) is 95.7 cm³/mol. The molecule has 2 unspecified atom stereocenters. The van der Waals surface area contributed by atoms with Gasteiger partial charge in [-0.05, 0) is 42.2 Å². The number of rotatable bonds is 7. The Morgan fingerprint density at radius 2 is 2.04 bits per heavy atom. The zero-order valence-electron chi connectivity index (χ0n) is 14.6. The maximum atomic E-state index is 11.8. The number of amides is 1. The van der Waals surface area contributed by atoms with Crippen molar-refractivity contribution < 1.29 is 9.21 Å². The van der Waals surface area contributed by atoms with Gasteiger partial charge in [-0.2, -0.15) is 0 Å². The average molecular weight is 326 g/mol. The van der Waals surface area contributed by atoms with Crippen molar-refractivity contribution in [3.05, 3.63) is 53.5 Å². The smallest absolute Gasteiger partial charge is 0.226 e. The van der Waals surface area contributed by atoms with E-state index in [1.807, 2.05) is 32.0 Å². The third-order valence-electron chi connectivity index (χ3n) is 4.50. The number of hydrogen-bond acceptors (Lipinski definition) is 3. The van der Waals surface area contributed by atoms with Crippen molar-refractivity contribution in [2.75, 3.05) is 5.32 Å². The zero-order chi connectivity index (χ0) is 17.1. The van der Waals surface area contributed by atoms with Crippen LogP contribution in [0.4, 0.5) is 5.69 Å². The second kappa shape index (κ2) is 7.22. The third-order valence-corrected chi connectivity index (χ3v) is 4.50. The summed E-state index contributed by atoms with van der Waals surface area (Å²) in [4.78, 5) is 11.8. The number of hydrogen-bond donors (Lipinski definition) is 2. The highest BCUT2D eigenvalue weighted by Gasteiger charge is 2.36. The normalized spacial score (nSPS) is 19.5. The van der Waals surface area contributed by atoms with Crippen molar-refractivity contribution in [1.82, 2.24) is 5.32 Å². The Kier molecular flexibility index (Phi) is 5.05. The fraction of sp³-hybridized carbons (Fsp3) is 0.450. The molecule has 1 fully saturated rings. The van der Waals surface area contributed by atoms with Gasteiger partial charge in [0.2, 0.25) is 5.91 Å². The van der Waals surface area contributed by atoms with E-state index in [0.717, 1.165) is 35.2 Å². The number of carbonyl (C=O) groups excluding carboxylic acids is 1. The van der Waals surface area contributed by atoms with Crippen LogP contribution in [-0.2, 0) is 17.9 Å². The Bertz CT molecular complexity index is 705. The van der Waals surface area contributed by atoms with Crippen molar-refractivity contribution in [2.24, 2.45) is 11.8 Å². The lowest BCUT2D eigenvalue weighted by Gasteiger charge is -2.09. The first-order valence-electron chi connectivity index (χ1n) is 8.72. The summed E-state index contributed by atoms with van der Waals surface area (Å²) < 4.78 is 5.90. The van der Waals surface area contributed by atoms with Gasteiger partial charge < -0.3 is 15.1 Å². The molecule has 1 aliphatic carbocycles. The molecule has 0 radical (unpaired) electrons. The van der Waals surface area contributed by atoms with Gasteiger partial charge in [-0.1, -0.05) is 32.9 Å². The molecule has 24 heavy (non-hydrogen) atoms. The van der Waals surface area contributed by atoms with E-state index in [4.69, 9.17) is 4.42 Å². The van der Waals surface area contributed by atoms with Gasteiger partial charge in [0.05, 0.1) is 6.54 Å². The van der Waals surface area contributed by atoms with Crippen LogP contribution in [-0.4, -0.2) is 5.91 Å².